The van der Waals surface area contributed by atoms with Crippen molar-refractivity contribution in [2.75, 3.05) is 0 Å². The molecule has 4 nitrogen and oxygen atoms in total. The SMILES string of the molecule is Cn1c(=O)n(C)c2cc(C(N)c3cc(Cl)sc3Cl)ccc21. The van der Waals surface area contributed by atoms with E-state index in [1.54, 1.807) is 29.3 Å². The molecule has 21 heavy (non-hydrogen) atoms. The molecule has 0 aliphatic rings. The number of imidazole rings is 1. The lowest BCUT2D eigenvalue weighted by molar-refractivity contribution is 0.795. The molecule has 0 amide bonds. The van der Waals surface area contributed by atoms with Crippen LogP contribution in [0.25, 0.3) is 11.0 Å². The van der Waals surface area contributed by atoms with E-state index in [9.17, 15) is 4.79 Å². The van der Waals surface area contributed by atoms with Crippen LogP contribution in [0.15, 0.2) is 29.1 Å². The van der Waals surface area contributed by atoms with Crippen LogP contribution in [0, 0.1) is 0 Å². The fourth-order valence-electron chi connectivity index (χ4n) is 2.46. The second kappa shape index (κ2) is 5.18. The normalized spacial score (nSPS) is 13.0. The molecule has 2 heterocycles. The zero-order chi connectivity index (χ0) is 15.3. The molecule has 0 spiro atoms. The Bertz CT molecular complexity index is 894. The molecule has 1 atom stereocenters. The first-order valence-corrected chi connectivity index (χ1v) is 7.83. The van der Waals surface area contributed by atoms with Gasteiger partial charge in [0.15, 0.2) is 0 Å². The van der Waals surface area contributed by atoms with Gasteiger partial charge < -0.3 is 5.73 Å². The molecule has 2 aromatic heterocycles. The Morgan fingerprint density at radius 3 is 2.43 bits per heavy atom. The first-order valence-electron chi connectivity index (χ1n) is 6.26. The zero-order valence-electron chi connectivity index (χ0n) is 11.4. The van der Waals surface area contributed by atoms with Gasteiger partial charge in [0, 0.05) is 19.7 Å². The minimum Gasteiger partial charge on any atom is -0.320 e. The number of rotatable bonds is 2. The van der Waals surface area contributed by atoms with Gasteiger partial charge in [-0.15, -0.1) is 11.3 Å². The predicted octanol–water partition coefficient (Wildman–Crippen LogP) is 3.29. The third-order valence-electron chi connectivity index (χ3n) is 3.67. The van der Waals surface area contributed by atoms with Crippen molar-refractivity contribution in [1.82, 2.24) is 9.13 Å². The van der Waals surface area contributed by atoms with E-state index in [2.05, 4.69) is 0 Å². The monoisotopic (exact) mass is 341 g/mol. The van der Waals surface area contributed by atoms with Crippen molar-refractivity contribution in [1.29, 1.82) is 0 Å². The van der Waals surface area contributed by atoms with Gasteiger partial charge in [-0.25, -0.2) is 4.79 Å². The Morgan fingerprint density at radius 1 is 1.14 bits per heavy atom. The van der Waals surface area contributed by atoms with Crippen LogP contribution >= 0.6 is 34.5 Å². The number of halogens is 2. The molecule has 2 N–H and O–H groups in total. The van der Waals surface area contributed by atoms with E-state index in [1.807, 2.05) is 18.2 Å². The topological polar surface area (TPSA) is 53.0 Å². The molecular weight excluding hydrogens is 329 g/mol. The molecule has 0 saturated carbocycles. The Labute approximate surface area is 135 Å². The third kappa shape index (κ3) is 2.30. The molecule has 1 unspecified atom stereocenters. The van der Waals surface area contributed by atoms with Gasteiger partial charge in [-0.3, -0.25) is 9.13 Å². The van der Waals surface area contributed by atoms with Gasteiger partial charge in [0.2, 0.25) is 0 Å². The Hall–Kier alpha value is -1.27. The fraction of sp³-hybridized carbons (Fsp3) is 0.214. The number of benzene rings is 1. The van der Waals surface area contributed by atoms with Crippen molar-refractivity contribution >= 4 is 45.6 Å². The summed E-state index contributed by atoms with van der Waals surface area (Å²) >= 11 is 13.4. The first kappa shape index (κ1) is 14.7. The highest BCUT2D eigenvalue weighted by Gasteiger charge is 2.17. The first-order chi connectivity index (χ1) is 9.90. The van der Waals surface area contributed by atoms with Gasteiger partial charge >= 0.3 is 5.69 Å². The lowest BCUT2D eigenvalue weighted by Gasteiger charge is -2.11. The number of hydrogen-bond donors (Lipinski definition) is 1. The standard InChI is InChI=1S/C14H13Cl2N3OS/c1-18-9-4-3-7(5-10(9)19(2)14(18)20)12(17)8-6-11(15)21-13(8)16/h3-6,12H,17H2,1-2H3. The number of nitrogens with two attached hydrogens (primary N) is 1. The molecule has 3 aromatic rings. The summed E-state index contributed by atoms with van der Waals surface area (Å²) in [5.74, 6) is 0. The summed E-state index contributed by atoms with van der Waals surface area (Å²) < 4.78 is 4.42. The average Bonchev–Trinajstić information content (AvgIpc) is 2.91. The van der Waals surface area contributed by atoms with Gasteiger partial charge in [0.05, 0.1) is 25.7 Å². The number of fused-ring (bicyclic) bond motifs is 1. The van der Waals surface area contributed by atoms with E-state index in [-0.39, 0.29) is 11.7 Å². The summed E-state index contributed by atoms with van der Waals surface area (Å²) in [6.45, 7) is 0. The van der Waals surface area contributed by atoms with E-state index < -0.39 is 0 Å². The van der Waals surface area contributed by atoms with Gasteiger partial charge in [-0.2, -0.15) is 0 Å². The van der Waals surface area contributed by atoms with Crippen molar-refractivity contribution in [3.05, 3.63) is 54.5 Å². The molecule has 0 fully saturated rings. The molecule has 0 radical (unpaired) electrons. The lowest BCUT2D eigenvalue weighted by atomic mass is 10.0. The van der Waals surface area contributed by atoms with E-state index in [0.717, 1.165) is 22.2 Å². The molecule has 3 rings (SSSR count). The van der Waals surface area contributed by atoms with E-state index in [4.69, 9.17) is 28.9 Å². The Morgan fingerprint density at radius 2 is 1.81 bits per heavy atom. The molecule has 7 heteroatoms. The smallest absolute Gasteiger partial charge is 0.320 e. The van der Waals surface area contributed by atoms with Crippen LogP contribution in [0.5, 0.6) is 0 Å². The maximum atomic E-state index is 12.0. The number of aromatic nitrogens is 2. The lowest BCUT2D eigenvalue weighted by Crippen LogP contribution is -2.19. The van der Waals surface area contributed by atoms with Gasteiger partial charge in [0.1, 0.15) is 0 Å². The maximum Gasteiger partial charge on any atom is 0.328 e. The molecule has 0 bridgehead atoms. The van der Waals surface area contributed by atoms with Crippen LogP contribution in [0.3, 0.4) is 0 Å². The summed E-state index contributed by atoms with van der Waals surface area (Å²) in [6.07, 6.45) is 0. The molecule has 0 aliphatic carbocycles. The summed E-state index contributed by atoms with van der Waals surface area (Å²) in [4.78, 5) is 12.0. The van der Waals surface area contributed by atoms with Crippen LogP contribution in [0.1, 0.15) is 17.2 Å². The molecule has 0 aliphatic heterocycles. The van der Waals surface area contributed by atoms with Crippen LogP contribution in [-0.4, -0.2) is 9.13 Å². The van der Waals surface area contributed by atoms with Crippen LogP contribution in [-0.2, 0) is 14.1 Å². The van der Waals surface area contributed by atoms with Gasteiger partial charge in [-0.1, -0.05) is 29.3 Å². The minimum absolute atomic E-state index is 0.0627. The second-order valence-corrected chi connectivity index (χ2v) is 7.19. The van der Waals surface area contributed by atoms with Crippen LogP contribution < -0.4 is 11.4 Å². The number of thiophene rings is 1. The average molecular weight is 342 g/mol. The van der Waals surface area contributed by atoms with E-state index in [0.29, 0.717) is 8.67 Å². The second-order valence-electron chi connectivity index (χ2n) is 4.91. The quantitative estimate of drug-likeness (QED) is 0.777. The molecule has 0 saturated heterocycles. The summed E-state index contributed by atoms with van der Waals surface area (Å²) in [6, 6.07) is 7.14. The van der Waals surface area contributed by atoms with Crippen molar-refractivity contribution in [3.63, 3.8) is 0 Å². The van der Waals surface area contributed by atoms with Crippen molar-refractivity contribution < 1.29 is 0 Å². The van der Waals surface area contributed by atoms with Gasteiger partial charge in [-0.05, 0) is 23.8 Å². The van der Waals surface area contributed by atoms with Crippen molar-refractivity contribution in [3.8, 4) is 0 Å². The van der Waals surface area contributed by atoms with E-state index in [1.165, 1.54) is 11.3 Å². The summed E-state index contributed by atoms with van der Waals surface area (Å²) in [7, 11) is 3.49. The number of hydrogen-bond acceptors (Lipinski definition) is 3. The molecule has 110 valence electrons. The van der Waals surface area contributed by atoms with Crippen molar-refractivity contribution in [2.45, 2.75) is 6.04 Å². The largest absolute Gasteiger partial charge is 0.328 e. The zero-order valence-corrected chi connectivity index (χ0v) is 13.8. The third-order valence-corrected chi connectivity index (χ3v) is 5.19. The number of aryl methyl sites for hydroxylation is 2. The minimum atomic E-state index is -0.374. The maximum absolute atomic E-state index is 12.0. The highest BCUT2D eigenvalue weighted by Crippen LogP contribution is 2.36. The van der Waals surface area contributed by atoms with Crippen molar-refractivity contribution in [2.24, 2.45) is 19.8 Å². The molecular formula is C14H13Cl2N3OS. The Balaban J connectivity index is 2.15. The molecule has 1 aromatic carbocycles. The van der Waals surface area contributed by atoms with E-state index >= 15 is 0 Å². The highest BCUT2D eigenvalue weighted by atomic mass is 35.5. The summed E-state index contributed by atoms with van der Waals surface area (Å²) in [5, 5.41) is 0. The number of nitrogens with zero attached hydrogens (tertiary/aromatic N) is 2. The Kier molecular flexibility index (Phi) is 3.61. The fourth-order valence-corrected chi connectivity index (χ4v) is 4.01. The van der Waals surface area contributed by atoms with Crippen LogP contribution in [0.2, 0.25) is 8.67 Å². The van der Waals surface area contributed by atoms with Crippen LogP contribution in [0.4, 0.5) is 0 Å². The predicted molar refractivity (Wildman–Crippen MR) is 88.5 cm³/mol. The van der Waals surface area contributed by atoms with Gasteiger partial charge in [0.25, 0.3) is 0 Å². The highest BCUT2D eigenvalue weighted by molar-refractivity contribution is 7.20. The summed E-state index contributed by atoms with van der Waals surface area (Å²) in [5.41, 5.74) is 9.62.